The molecule has 15 heavy (non-hydrogen) atoms. The van der Waals surface area contributed by atoms with Crippen LogP contribution in [0, 0.1) is 0 Å². The Hall–Kier alpha value is -1.26. The molecule has 2 rings (SSSR count). The monoisotopic (exact) mass is 239 g/mol. The van der Waals surface area contributed by atoms with Crippen LogP contribution in [0.1, 0.15) is 5.56 Å². The molecule has 0 radical (unpaired) electrons. The number of anilines is 2. The van der Waals surface area contributed by atoms with Crippen LogP contribution in [0.25, 0.3) is 0 Å². The zero-order chi connectivity index (χ0) is 10.7. The molecule has 2 aromatic rings. The molecule has 0 unspecified atom stereocenters. The van der Waals surface area contributed by atoms with Gasteiger partial charge in [-0.2, -0.15) is 0 Å². The van der Waals surface area contributed by atoms with Gasteiger partial charge in [0.25, 0.3) is 0 Å². The average Bonchev–Trinajstić information content (AvgIpc) is 2.64. The van der Waals surface area contributed by atoms with Crippen molar-refractivity contribution in [3.8, 4) is 0 Å². The third kappa shape index (κ3) is 2.84. The lowest BCUT2D eigenvalue weighted by atomic mass is 10.2. The Morgan fingerprint density at radius 1 is 1.33 bits per heavy atom. The lowest BCUT2D eigenvalue weighted by molar-refractivity contribution is 1.14. The summed E-state index contributed by atoms with van der Waals surface area (Å²) in [5.41, 5.74) is 7.53. The Morgan fingerprint density at radius 3 is 2.67 bits per heavy atom. The van der Waals surface area contributed by atoms with Gasteiger partial charge in [0.15, 0.2) is 5.13 Å². The highest BCUT2D eigenvalue weighted by molar-refractivity contribution is 7.14. The van der Waals surface area contributed by atoms with Crippen LogP contribution in [0.5, 0.6) is 0 Å². The number of hydrogen-bond acceptors (Lipinski definition) is 4. The van der Waals surface area contributed by atoms with Gasteiger partial charge >= 0.3 is 0 Å². The van der Waals surface area contributed by atoms with Gasteiger partial charge in [-0.15, -0.1) is 11.3 Å². The van der Waals surface area contributed by atoms with E-state index in [-0.39, 0.29) is 0 Å². The number of nitrogens with zero attached hydrogens (tertiary/aromatic N) is 1. The molecule has 0 aliphatic rings. The minimum atomic E-state index is 0.528. The van der Waals surface area contributed by atoms with E-state index in [0.29, 0.717) is 5.15 Å². The summed E-state index contributed by atoms with van der Waals surface area (Å²) in [6.07, 6.45) is 0. The number of nitrogens with two attached hydrogens (primary N) is 1. The summed E-state index contributed by atoms with van der Waals surface area (Å²) >= 11 is 7.20. The first-order chi connectivity index (χ1) is 7.24. The first-order valence-electron chi connectivity index (χ1n) is 4.43. The predicted octanol–water partition coefficient (Wildman–Crippen LogP) is 2.99. The molecule has 0 bridgehead atoms. The molecule has 0 aliphatic carbocycles. The van der Waals surface area contributed by atoms with Gasteiger partial charge in [0.2, 0.25) is 0 Å². The summed E-state index contributed by atoms with van der Waals surface area (Å²) in [7, 11) is 0. The Kier molecular flexibility index (Phi) is 3.08. The third-order valence-electron chi connectivity index (χ3n) is 1.90. The van der Waals surface area contributed by atoms with E-state index < -0.39 is 0 Å². The van der Waals surface area contributed by atoms with E-state index in [4.69, 9.17) is 17.3 Å². The zero-order valence-corrected chi connectivity index (χ0v) is 9.48. The van der Waals surface area contributed by atoms with Crippen molar-refractivity contribution >= 4 is 33.8 Å². The highest BCUT2D eigenvalue weighted by atomic mass is 35.5. The predicted molar refractivity (Wildman–Crippen MR) is 65.3 cm³/mol. The summed E-state index contributed by atoms with van der Waals surface area (Å²) in [4.78, 5) is 4.09. The summed E-state index contributed by atoms with van der Waals surface area (Å²) < 4.78 is 0. The fraction of sp³-hybridized carbons (Fsp3) is 0.100. The van der Waals surface area contributed by atoms with Gasteiger partial charge in [0.05, 0.1) is 0 Å². The fourth-order valence-electron chi connectivity index (χ4n) is 1.15. The topological polar surface area (TPSA) is 50.9 Å². The van der Waals surface area contributed by atoms with E-state index in [1.807, 2.05) is 24.3 Å². The average molecular weight is 240 g/mol. The van der Waals surface area contributed by atoms with Crippen LogP contribution in [0.3, 0.4) is 0 Å². The highest BCUT2D eigenvalue weighted by Crippen LogP contribution is 2.19. The van der Waals surface area contributed by atoms with Crippen LogP contribution in [-0.4, -0.2) is 4.98 Å². The Morgan fingerprint density at radius 2 is 2.07 bits per heavy atom. The van der Waals surface area contributed by atoms with Crippen molar-refractivity contribution in [1.82, 2.24) is 4.98 Å². The summed E-state index contributed by atoms with van der Waals surface area (Å²) in [5, 5.41) is 6.34. The number of rotatable bonds is 3. The van der Waals surface area contributed by atoms with Crippen molar-refractivity contribution in [1.29, 1.82) is 0 Å². The lowest BCUT2D eigenvalue weighted by Crippen LogP contribution is -1.98. The summed E-state index contributed by atoms with van der Waals surface area (Å²) in [6.45, 7) is 0.726. The van der Waals surface area contributed by atoms with E-state index in [0.717, 1.165) is 22.9 Å². The SMILES string of the molecule is Nc1ccc(CNc2nc(Cl)cs2)cc1. The van der Waals surface area contributed by atoms with Crippen molar-refractivity contribution in [2.45, 2.75) is 6.54 Å². The highest BCUT2D eigenvalue weighted by Gasteiger charge is 1.98. The lowest BCUT2D eigenvalue weighted by Gasteiger charge is -2.02. The van der Waals surface area contributed by atoms with Crippen molar-refractivity contribution in [2.24, 2.45) is 0 Å². The molecule has 0 amide bonds. The Balaban J connectivity index is 1.96. The van der Waals surface area contributed by atoms with Gasteiger partial charge in [-0.05, 0) is 17.7 Å². The van der Waals surface area contributed by atoms with Crippen LogP contribution < -0.4 is 11.1 Å². The summed E-state index contributed by atoms with van der Waals surface area (Å²) in [5.74, 6) is 0. The second kappa shape index (κ2) is 4.51. The van der Waals surface area contributed by atoms with Gasteiger partial charge in [-0.3, -0.25) is 0 Å². The van der Waals surface area contributed by atoms with Gasteiger partial charge in [0.1, 0.15) is 5.15 Å². The van der Waals surface area contributed by atoms with Crippen molar-refractivity contribution in [3.05, 3.63) is 40.4 Å². The molecule has 1 heterocycles. The molecular weight excluding hydrogens is 230 g/mol. The maximum Gasteiger partial charge on any atom is 0.184 e. The molecule has 0 spiro atoms. The molecule has 1 aromatic carbocycles. The first kappa shape index (κ1) is 10.3. The molecule has 0 aliphatic heterocycles. The van der Waals surface area contributed by atoms with Crippen LogP contribution in [0.2, 0.25) is 5.15 Å². The fourth-order valence-corrected chi connectivity index (χ4v) is 1.98. The number of halogens is 1. The summed E-state index contributed by atoms with van der Waals surface area (Å²) in [6, 6.07) is 7.73. The van der Waals surface area contributed by atoms with Gasteiger partial charge in [-0.1, -0.05) is 23.7 Å². The minimum Gasteiger partial charge on any atom is -0.399 e. The number of hydrogen-bond donors (Lipinski definition) is 2. The molecule has 3 nitrogen and oxygen atoms in total. The Bertz CT molecular complexity index is 438. The third-order valence-corrected chi connectivity index (χ3v) is 3.02. The maximum absolute atomic E-state index is 5.71. The van der Waals surface area contributed by atoms with Crippen molar-refractivity contribution in [2.75, 3.05) is 11.1 Å². The zero-order valence-electron chi connectivity index (χ0n) is 7.90. The number of nitrogen functional groups attached to an aromatic ring is 1. The van der Waals surface area contributed by atoms with Crippen molar-refractivity contribution < 1.29 is 0 Å². The number of benzene rings is 1. The van der Waals surface area contributed by atoms with Crippen LogP contribution in [-0.2, 0) is 6.54 Å². The quantitative estimate of drug-likeness (QED) is 0.810. The molecule has 78 valence electrons. The molecule has 0 fully saturated rings. The van der Waals surface area contributed by atoms with E-state index in [1.54, 1.807) is 5.38 Å². The van der Waals surface area contributed by atoms with E-state index in [2.05, 4.69) is 10.3 Å². The molecule has 0 saturated heterocycles. The van der Waals surface area contributed by atoms with Crippen LogP contribution >= 0.6 is 22.9 Å². The number of thiazole rings is 1. The van der Waals surface area contributed by atoms with E-state index >= 15 is 0 Å². The number of nitrogens with one attached hydrogen (secondary N) is 1. The molecular formula is C10H10ClN3S. The minimum absolute atomic E-state index is 0.528. The first-order valence-corrected chi connectivity index (χ1v) is 5.69. The van der Waals surface area contributed by atoms with Crippen molar-refractivity contribution in [3.63, 3.8) is 0 Å². The van der Waals surface area contributed by atoms with Gasteiger partial charge < -0.3 is 11.1 Å². The smallest absolute Gasteiger partial charge is 0.184 e. The molecule has 1 aromatic heterocycles. The van der Waals surface area contributed by atoms with E-state index in [1.165, 1.54) is 11.3 Å². The number of aromatic nitrogens is 1. The standard InChI is InChI=1S/C10H10ClN3S/c11-9-6-15-10(14-9)13-5-7-1-3-8(12)4-2-7/h1-4,6H,5,12H2,(H,13,14). The second-order valence-electron chi connectivity index (χ2n) is 3.07. The van der Waals surface area contributed by atoms with Crippen LogP contribution in [0.4, 0.5) is 10.8 Å². The Labute approximate surface area is 96.9 Å². The van der Waals surface area contributed by atoms with E-state index in [9.17, 15) is 0 Å². The molecule has 0 atom stereocenters. The van der Waals surface area contributed by atoms with Gasteiger partial charge in [0, 0.05) is 17.6 Å². The largest absolute Gasteiger partial charge is 0.399 e. The van der Waals surface area contributed by atoms with Crippen LogP contribution in [0.15, 0.2) is 29.6 Å². The molecule has 5 heteroatoms. The second-order valence-corrected chi connectivity index (χ2v) is 4.32. The maximum atomic E-state index is 5.71. The molecule has 0 saturated carbocycles. The van der Waals surface area contributed by atoms with Gasteiger partial charge in [-0.25, -0.2) is 4.98 Å². The normalized spacial score (nSPS) is 10.2. The molecule has 3 N–H and O–H groups in total.